The fraction of sp³-hybridized carbons (Fsp3) is 0.217. The van der Waals surface area contributed by atoms with E-state index in [0.29, 0.717) is 39.6 Å². The average molecular weight is 455 g/mol. The highest BCUT2D eigenvalue weighted by molar-refractivity contribution is 7.98. The average Bonchev–Trinajstić information content (AvgIpc) is 3.12. The summed E-state index contributed by atoms with van der Waals surface area (Å²) in [6, 6.07) is 8.75. The Hall–Kier alpha value is -3.33. The van der Waals surface area contributed by atoms with Crippen LogP contribution in [0.3, 0.4) is 0 Å². The molecular weight excluding hydrogens is 434 g/mol. The number of amides is 2. The summed E-state index contributed by atoms with van der Waals surface area (Å²) in [7, 11) is 0. The van der Waals surface area contributed by atoms with E-state index in [1.807, 2.05) is 18.4 Å². The summed E-state index contributed by atoms with van der Waals surface area (Å²) in [4.78, 5) is 33.0. The summed E-state index contributed by atoms with van der Waals surface area (Å²) in [6.45, 7) is 0.471. The second-order valence-corrected chi connectivity index (χ2v) is 8.33. The topological polar surface area (TPSA) is 98.0 Å². The van der Waals surface area contributed by atoms with Crippen molar-refractivity contribution in [3.63, 3.8) is 0 Å². The number of benzene rings is 2. The fourth-order valence-electron chi connectivity index (χ4n) is 3.91. The molecular formula is C23H20F2N4O2S. The molecule has 32 heavy (non-hydrogen) atoms. The van der Waals surface area contributed by atoms with Crippen molar-refractivity contribution in [2.75, 3.05) is 6.26 Å². The Balaban J connectivity index is 1.82. The van der Waals surface area contributed by atoms with Gasteiger partial charge >= 0.3 is 0 Å². The van der Waals surface area contributed by atoms with Gasteiger partial charge in [-0.2, -0.15) is 0 Å². The van der Waals surface area contributed by atoms with Crippen LogP contribution in [-0.2, 0) is 17.8 Å². The maximum Gasteiger partial charge on any atom is 0.251 e. The molecule has 9 heteroatoms. The molecule has 0 radical (unpaired) electrons. The molecule has 0 saturated carbocycles. The third kappa shape index (κ3) is 4.62. The van der Waals surface area contributed by atoms with Crippen LogP contribution in [0.2, 0.25) is 0 Å². The van der Waals surface area contributed by atoms with Crippen LogP contribution in [0, 0.1) is 11.6 Å². The van der Waals surface area contributed by atoms with Crippen molar-refractivity contribution >= 4 is 23.6 Å². The Morgan fingerprint density at radius 1 is 1.19 bits per heavy atom. The minimum Gasteiger partial charge on any atom is -0.370 e. The van der Waals surface area contributed by atoms with Crippen molar-refractivity contribution in [1.29, 1.82) is 0 Å². The zero-order valence-electron chi connectivity index (χ0n) is 17.2. The minimum absolute atomic E-state index is 0.0681. The lowest BCUT2D eigenvalue weighted by atomic mass is 9.88. The molecule has 0 spiro atoms. The number of nitrogens with zero attached hydrogens (tertiary/aromatic N) is 2. The quantitative estimate of drug-likeness (QED) is 0.420. The highest BCUT2D eigenvalue weighted by Crippen LogP contribution is 2.34. The van der Waals surface area contributed by atoms with Crippen molar-refractivity contribution in [1.82, 2.24) is 15.3 Å². The van der Waals surface area contributed by atoms with Crippen LogP contribution in [0.1, 0.15) is 39.5 Å². The highest BCUT2D eigenvalue weighted by Gasteiger charge is 2.25. The normalized spacial score (nSPS) is 13.5. The molecule has 3 N–H and O–H groups in total. The molecule has 0 bridgehead atoms. The van der Waals surface area contributed by atoms with Crippen LogP contribution in [0.5, 0.6) is 0 Å². The van der Waals surface area contributed by atoms with Crippen molar-refractivity contribution in [2.24, 2.45) is 5.73 Å². The molecule has 2 amide bonds. The van der Waals surface area contributed by atoms with Crippen LogP contribution in [0.25, 0.3) is 11.1 Å². The number of nitrogens with one attached hydrogen (secondary N) is 1. The lowest BCUT2D eigenvalue weighted by Gasteiger charge is -2.19. The predicted octanol–water partition coefficient (Wildman–Crippen LogP) is 3.59. The first-order valence-electron chi connectivity index (χ1n) is 9.89. The largest absolute Gasteiger partial charge is 0.370 e. The lowest BCUT2D eigenvalue weighted by molar-refractivity contribution is -0.118. The summed E-state index contributed by atoms with van der Waals surface area (Å²) >= 11 is 1.33. The number of halogens is 2. The molecule has 1 aliphatic rings. The molecule has 1 atom stereocenters. The smallest absolute Gasteiger partial charge is 0.251 e. The molecule has 6 nitrogen and oxygen atoms in total. The van der Waals surface area contributed by atoms with E-state index < -0.39 is 23.5 Å². The molecule has 3 aromatic rings. The molecule has 2 heterocycles. The Morgan fingerprint density at radius 2 is 1.94 bits per heavy atom. The third-order valence-corrected chi connectivity index (χ3v) is 5.88. The number of fused-ring (bicyclic) bond motifs is 1. The van der Waals surface area contributed by atoms with E-state index in [1.54, 1.807) is 12.3 Å². The van der Waals surface area contributed by atoms with Gasteiger partial charge in [0.25, 0.3) is 5.91 Å². The summed E-state index contributed by atoms with van der Waals surface area (Å²) in [5.41, 5.74) is 9.24. The predicted molar refractivity (Wildman–Crippen MR) is 117 cm³/mol. The van der Waals surface area contributed by atoms with Gasteiger partial charge in [0, 0.05) is 42.3 Å². The summed E-state index contributed by atoms with van der Waals surface area (Å²) in [6.07, 6.45) is 3.55. The number of nitrogens with two attached hydrogens (primary N) is 1. The van der Waals surface area contributed by atoms with Gasteiger partial charge in [-0.05, 0) is 47.6 Å². The number of hydrogen-bond donors (Lipinski definition) is 2. The number of hydrogen-bond acceptors (Lipinski definition) is 5. The van der Waals surface area contributed by atoms with Gasteiger partial charge in [-0.15, -0.1) is 0 Å². The van der Waals surface area contributed by atoms with Crippen molar-refractivity contribution < 1.29 is 18.4 Å². The van der Waals surface area contributed by atoms with Gasteiger partial charge in [-0.1, -0.05) is 23.9 Å². The number of primary amides is 1. The third-order valence-electron chi connectivity index (χ3n) is 5.32. The zero-order valence-corrected chi connectivity index (χ0v) is 18.0. The SMILES string of the molecule is CSc1ncc(-c2ccc3c(c2)C(=O)NC3)c([C@H](CC(N)=O)Cc2cc(F)cc(F)c2)n1. The summed E-state index contributed by atoms with van der Waals surface area (Å²) in [5.74, 6) is -2.66. The first kappa shape index (κ1) is 21.9. The van der Waals surface area contributed by atoms with E-state index in [2.05, 4.69) is 15.3 Å². The molecule has 0 saturated heterocycles. The standard InChI is InChI=1S/C23H20F2N4O2S/c1-32-23-28-11-19(13-2-3-14-10-27-22(31)18(14)7-13)21(29-23)15(8-20(26)30)4-12-5-16(24)9-17(25)6-12/h2-3,5-7,9,11,15H,4,8,10H2,1H3,(H2,26,30)(H,27,31)/t15-/m0/s1. The Bertz CT molecular complexity index is 1200. The molecule has 1 aromatic heterocycles. The maximum atomic E-state index is 13.8. The molecule has 0 aliphatic carbocycles. The minimum atomic E-state index is -0.699. The number of aromatic nitrogens is 2. The van der Waals surface area contributed by atoms with Gasteiger partial charge in [-0.25, -0.2) is 18.7 Å². The fourth-order valence-corrected chi connectivity index (χ4v) is 4.26. The van der Waals surface area contributed by atoms with Crippen molar-refractivity contribution in [3.8, 4) is 11.1 Å². The molecule has 4 rings (SSSR count). The van der Waals surface area contributed by atoms with Gasteiger partial charge in [0.2, 0.25) is 5.91 Å². The van der Waals surface area contributed by atoms with Crippen molar-refractivity contribution in [3.05, 3.63) is 76.6 Å². The molecule has 2 aromatic carbocycles. The van der Waals surface area contributed by atoms with Crippen LogP contribution < -0.4 is 11.1 Å². The Kier molecular flexibility index (Phi) is 6.18. The van der Waals surface area contributed by atoms with E-state index >= 15 is 0 Å². The van der Waals surface area contributed by atoms with Gasteiger partial charge in [0.15, 0.2) is 5.16 Å². The highest BCUT2D eigenvalue weighted by atomic mass is 32.2. The van der Waals surface area contributed by atoms with Crippen LogP contribution >= 0.6 is 11.8 Å². The van der Waals surface area contributed by atoms with Gasteiger partial charge in [-0.3, -0.25) is 9.59 Å². The van der Waals surface area contributed by atoms with E-state index in [0.717, 1.165) is 11.6 Å². The summed E-state index contributed by atoms with van der Waals surface area (Å²) in [5, 5.41) is 3.27. The second-order valence-electron chi connectivity index (χ2n) is 7.56. The monoisotopic (exact) mass is 454 g/mol. The first-order chi connectivity index (χ1) is 15.3. The van der Waals surface area contributed by atoms with E-state index in [-0.39, 0.29) is 18.7 Å². The van der Waals surface area contributed by atoms with Crippen LogP contribution in [-0.4, -0.2) is 28.0 Å². The zero-order chi connectivity index (χ0) is 22.8. The number of thioether (sulfide) groups is 1. The number of rotatable bonds is 7. The Labute approximate surface area is 187 Å². The van der Waals surface area contributed by atoms with Crippen LogP contribution in [0.4, 0.5) is 8.78 Å². The van der Waals surface area contributed by atoms with E-state index in [1.165, 1.54) is 23.9 Å². The molecule has 0 unspecified atom stereocenters. The van der Waals surface area contributed by atoms with Crippen LogP contribution in [0.15, 0.2) is 47.8 Å². The van der Waals surface area contributed by atoms with Gasteiger partial charge in [0.1, 0.15) is 11.6 Å². The second kappa shape index (κ2) is 9.04. The Morgan fingerprint density at radius 3 is 2.62 bits per heavy atom. The summed E-state index contributed by atoms with van der Waals surface area (Å²) < 4.78 is 27.5. The first-order valence-corrected chi connectivity index (χ1v) is 11.1. The van der Waals surface area contributed by atoms with Crippen molar-refractivity contribution in [2.45, 2.75) is 30.5 Å². The van der Waals surface area contributed by atoms with Gasteiger partial charge < -0.3 is 11.1 Å². The lowest BCUT2D eigenvalue weighted by Crippen LogP contribution is -2.19. The van der Waals surface area contributed by atoms with Gasteiger partial charge in [0.05, 0.1) is 5.69 Å². The molecule has 1 aliphatic heterocycles. The number of carbonyl (C=O) groups is 2. The molecule has 164 valence electrons. The maximum absolute atomic E-state index is 13.8. The van der Waals surface area contributed by atoms with E-state index in [4.69, 9.17) is 5.73 Å². The molecule has 0 fully saturated rings. The number of carbonyl (C=O) groups excluding carboxylic acids is 2. The van der Waals surface area contributed by atoms with E-state index in [9.17, 15) is 18.4 Å².